The molecule has 0 aromatic heterocycles. The van der Waals surface area contributed by atoms with Crippen LogP contribution < -0.4 is 0 Å². The number of carbonyl (C=O) groups excluding carboxylic acids is 1. The van der Waals surface area contributed by atoms with Gasteiger partial charge in [0.15, 0.2) is 0 Å². The van der Waals surface area contributed by atoms with Gasteiger partial charge in [-0.25, -0.2) is 9.10 Å². The Balaban J connectivity index is 2.12. The summed E-state index contributed by atoms with van der Waals surface area (Å²) < 4.78 is 7.03. The number of rotatable bonds is 4. The number of esters is 1. The zero-order chi connectivity index (χ0) is 14.5. The van der Waals surface area contributed by atoms with Crippen molar-refractivity contribution in [2.24, 2.45) is 0 Å². The van der Waals surface area contributed by atoms with Gasteiger partial charge >= 0.3 is 5.97 Å². The quantitative estimate of drug-likeness (QED) is 0.637. The van der Waals surface area contributed by atoms with Crippen molar-refractivity contribution in [3.05, 3.63) is 47.1 Å². The lowest BCUT2D eigenvalue weighted by Gasteiger charge is -2.23. The highest BCUT2D eigenvalue weighted by Crippen LogP contribution is 2.30. The summed E-state index contributed by atoms with van der Waals surface area (Å²) in [5.41, 5.74) is 3.25. The van der Waals surface area contributed by atoms with Crippen LogP contribution in [0.25, 0.3) is 0 Å². The number of hydrogen-bond donors (Lipinski definition) is 1. The van der Waals surface area contributed by atoms with Crippen LogP contribution in [0.4, 0.5) is 0 Å². The lowest BCUT2D eigenvalue weighted by atomic mass is 9.95. The summed E-state index contributed by atoms with van der Waals surface area (Å²) in [5, 5.41) is 0. The normalized spacial score (nSPS) is 22.9. The van der Waals surface area contributed by atoms with Crippen molar-refractivity contribution in [3.8, 4) is 0 Å². The van der Waals surface area contributed by atoms with Gasteiger partial charge in [0.2, 0.25) is 0 Å². The Kier molecular flexibility index (Phi) is 5.26. The Morgan fingerprint density at radius 2 is 2.30 bits per heavy atom. The predicted octanol–water partition coefficient (Wildman–Crippen LogP) is 3.23. The van der Waals surface area contributed by atoms with Crippen LogP contribution in [0.3, 0.4) is 0 Å². The van der Waals surface area contributed by atoms with E-state index in [-0.39, 0.29) is 12.0 Å². The SMILES string of the molecule is CCOC(=O)C1=CCN(S)[C@@H]1CC1=CCC=CC=C1C. The summed E-state index contributed by atoms with van der Waals surface area (Å²) in [5.74, 6) is -0.219. The largest absolute Gasteiger partial charge is 0.463 e. The molecule has 2 rings (SSSR count). The summed E-state index contributed by atoms with van der Waals surface area (Å²) in [4.78, 5) is 12.0. The van der Waals surface area contributed by atoms with Gasteiger partial charge in [-0.3, -0.25) is 0 Å². The van der Waals surface area contributed by atoms with Crippen LogP contribution in [-0.4, -0.2) is 29.5 Å². The minimum Gasteiger partial charge on any atom is -0.463 e. The Morgan fingerprint density at radius 1 is 1.50 bits per heavy atom. The molecule has 3 nitrogen and oxygen atoms in total. The number of carbonyl (C=O) groups is 1. The summed E-state index contributed by atoms with van der Waals surface area (Å²) in [6, 6.07) is -0.00918. The summed E-state index contributed by atoms with van der Waals surface area (Å²) in [6.07, 6.45) is 12.2. The zero-order valence-corrected chi connectivity index (χ0v) is 12.9. The van der Waals surface area contributed by atoms with Crippen LogP contribution in [-0.2, 0) is 9.53 Å². The second-order valence-corrected chi connectivity index (χ2v) is 5.48. The number of allylic oxidation sites excluding steroid dienone is 5. The lowest BCUT2D eigenvalue weighted by molar-refractivity contribution is -0.138. The maximum Gasteiger partial charge on any atom is 0.335 e. The van der Waals surface area contributed by atoms with Crippen LogP contribution in [0, 0.1) is 0 Å². The molecule has 108 valence electrons. The second kappa shape index (κ2) is 6.95. The van der Waals surface area contributed by atoms with Gasteiger partial charge in [-0.1, -0.05) is 43.2 Å². The van der Waals surface area contributed by atoms with Crippen LogP contribution in [0.1, 0.15) is 26.7 Å². The maximum absolute atomic E-state index is 12.0. The molecular formula is C16H21NO2S. The van der Waals surface area contributed by atoms with Crippen molar-refractivity contribution in [1.82, 2.24) is 4.31 Å². The lowest BCUT2D eigenvalue weighted by Crippen LogP contribution is -2.28. The van der Waals surface area contributed by atoms with Crippen LogP contribution in [0.5, 0.6) is 0 Å². The monoisotopic (exact) mass is 291 g/mol. The van der Waals surface area contributed by atoms with Gasteiger partial charge in [0.25, 0.3) is 0 Å². The molecule has 0 aromatic rings. The topological polar surface area (TPSA) is 29.5 Å². The smallest absolute Gasteiger partial charge is 0.335 e. The zero-order valence-electron chi connectivity index (χ0n) is 12.0. The second-order valence-electron chi connectivity index (χ2n) is 4.96. The fraction of sp³-hybridized carbons (Fsp3) is 0.438. The van der Waals surface area contributed by atoms with Gasteiger partial charge in [-0.05, 0) is 37.8 Å². The van der Waals surface area contributed by atoms with Gasteiger partial charge in [0, 0.05) is 6.54 Å². The molecule has 0 bridgehead atoms. The molecule has 0 N–H and O–H groups in total. The third kappa shape index (κ3) is 3.44. The molecule has 20 heavy (non-hydrogen) atoms. The maximum atomic E-state index is 12.0. The van der Waals surface area contributed by atoms with E-state index in [0.29, 0.717) is 13.2 Å². The molecule has 0 fully saturated rings. The summed E-state index contributed by atoms with van der Waals surface area (Å²) in [7, 11) is 0. The average molecular weight is 291 g/mol. The molecule has 1 aliphatic carbocycles. The van der Waals surface area contributed by atoms with Gasteiger partial charge in [-0.15, -0.1) is 0 Å². The van der Waals surface area contributed by atoms with E-state index in [1.807, 2.05) is 17.3 Å². The molecule has 2 aliphatic rings. The molecule has 1 aliphatic heterocycles. The van der Waals surface area contributed by atoms with E-state index in [1.54, 1.807) is 0 Å². The first-order chi connectivity index (χ1) is 9.63. The van der Waals surface area contributed by atoms with E-state index in [9.17, 15) is 4.79 Å². The first-order valence-corrected chi connectivity index (χ1v) is 7.39. The molecule has 0 saturated heterocycles. The Labute approximate surface area is 126 Å². The molecule has 0 amide bonds. The molecule has 0 aromatic carbocycles. The van der Waals surface area contributed by atoms with Crippen LogP contribution >= 0.6 is 12.8 Å². The summed E-state index contributed by atoms with van der Waals surface area (Å²) >= 11 is 4.48. The first-order valence-electron chi connectivity index (χ1n) is 6.99. The van der Waals surface area contributed by atoms with E-state index in [4.69, 9.17) is 4.74 Å². The standard InChI is InChI=1S/C16H21NO2S/c1-3-19-16(18)14-9-10-17(20)15(14)11-13-8-6-4-5-7-12(13)2/h4-5,7-9,15,20H,3,6,10-11H2,1-2H3/t15-/m1/s1. The van der Waals surface area contributed by atoms with Gasteiger partial charge < -0.3 is 4.74 Å². The van der Waals surface area contributed by atoms with Crippen molar-refractivity contribution in [2.75, 3.05) is 13.2 Å². The van der Waals surface area contributed by atoms with Gasteiger partial charge in [-0.2, -0.15) is 0 Å². The third-order valence-electron chi connectivity index (χ3n) is 3.63. The Bertz CT molecular complexity index is 503. The number of hydrogen-bond acceptors (Lipinski definition) is 4. The van der Waals surface area contributed by atoms with Gasteiger partial charge in [0.05, 0.1) is 18.2 Å². The van der Waals surface area contributed by atoms with E-state index >= 15 is 0 Å². The van der Waals surface area contributed by atoms with Crippen molar-refractivity contribution in [1.29, 1.82) is 0 Å². The highest BCUT2D eigenvalue weighted by Gasteiger charge is 2.31. The van der Waals surface area contributed by atoms with E-state index < -0.39 is 0 Å². The Hall–Kier alpha value is -1.26. The first kappa shape index (κ1) is 15.1. The minimum absolute atomic E-state index is 0.00918. The Morgan fingerprint density at radius 3 is 3.05 bits per heavy atom. The molecule has 0 saturated carbocycles. The molecule has 1 atom stereocenters. The minimum atomic E-state index is -0.219. The van der Waals surface area contributed by atoms with Crippen molar-refractivity contribution < 1.29 is 9.53 Å². The number of ether oxygens (including phenoxy) is 1. The fourth-order valence-corrected chi connectivity index (χ4v) is 2.77. The molecular weight excluding hydrogens is 270 g/mol. The van der Waals surface area contributed by atoms with Gasteiger partial charge in [0.1, 0.15) is 0 Å². The van der Waals surface area contributed by atoms with Crippen molar-refractivity contribution >= 4 is 18.8 Å². The average Bonchev–Trinajstić information content (AvgIpc) is 2.65. The van der Waals surface area contributed by atoms with E-state index in [0.717, 1.165) is 18.4 Å². The highest BCUT2D eigenvalue weighted by atomic mass is 32.1. The van der Waals surface area contributed by atoms with Crippen molar-refractivity contribution in [3.63, 3.8) is 0 Å². The molecule has 0 unspecified atom stereocenters. The number of nitrogens with zero attached hydrogens (tertiary/aromatic N) is 1. The number of thiol groups is 1. The molecule has 1 heterocycles. The molecule has 0 radical (unpaired) electrons. The van der Waals surface area contributed by atoms with Crippen molar-refractivity contribution in [2.45, 2.75) is 32.7 Å². The summed E-state index contributed by atoms with van der Waals surface area (Å²) in [6.45, 7) is 5.01. The van der Waals surface area contributed by atoms with Crippen LogP contribution in [0.2, 0.25) is 0 Å². The third-order valence-corrected chi connectivity index (χ3v) is 4.07. The predicted molar refractivity (Wildman–Crippen MR) is 84.4 cm³/mol. The van der Waals surface area contributed by atoms with E-state index in [2.05, 4.69) is 44.0 Å². The molecule has 4 heteroatoms. The van der Waals surface area contributed by atoms with E-state index in [1.165, 1.54) is 11.1 Å². The highest BCUT2D eigenvalue weighted by molar-refractivity contribution is 7.77. The molecule has 0 spiro atoms. The fourth-order valence-electron chi connectivity index (χ4n) is 2.49. The van der Waals surface area contributed by atoms with Crippen LogP contribution in [0.15, 0.2) is 47.1 Å².